The fourth-order valence-electron chi connectivity index (χ4n) is 2.81. The minimum Gasteiger partial charge on any atom is -0.493 e. The van der Waals surface area contributed by atoms with Crippen molar-refractivity contribution in [3.05, 3.63) is 28.2 Å². The number of benzene rings is 1. The Kier molecular flexibility index (Phi) is 5.95. The van der Waals surface area contributed by atoms with Crippen molar-refractivity contribution >= 4 is 24.7 Å². The molecule has 0 unspecified atom stereocenters. The molecule has 1 aromatic carbocycles. The van der Waals surface area contributed by atoms with Crippen molar-refractivity contribution in [2.75, 3.05) is 6.61 Å². The molecule has 118 valence electrons. The van der Waals surface area contributed by atoms with E-state index in [-0.39, 0.29) is 0 Å². The predicted molar refractivity (Wildman–Crippen MR) is 98.4 cm³/mol. The first-order valence-electron chi connectivity index (χ1n) is 8.32. The summed E-state index contributed by atoms with van der Waals surface area (Å²) >= 11 is 3.63. The maximum absolute atomic E-state index is 6.29. The highest BCUT2D eigenvalue weighted by Crippen LogP contribution is 2.40. The third kappa shape index (κ3) is 4.59. The summed E-state index contributed by atoms with van der Waals surface area (Å²) in [6, 6.07) is 6.55. The van der Waals surface area contributed by atoms with Gasteiger partial charge in [-0.05, 0) is 47.6 Å². The predicted octanol–water partition coefficient (Wildman–Crippen LogP) is 6.14. The van der Waals surface area contributed by atoms with Crippen LogP contribution in [0.4, 0.5) is 0 Å². The van der Waals surface area contributed by atoms with Gasteiger partial charge in [0.1, 0.15) is 5.75 Å². The van der Waals surface area contributed by atoms with Crippen molar-refractivity contribution < 1.29 is 4.74 Å². The van der Waals surface area contributed by atoms with Gasteiger partial charge in [-0.1, -0.05) is 62.1 Å². The molecule has 0 N–H and O–H groups in total. The molecule has 2 rings (SSSR count). The van der Waals surface area contributed by atoms with Crippen LogP contribution < -0.4 is 4.74 Å². The Bertz CT molecular complexity index is 464. The Balaban J connectivity index is 2.15. The van der Waals surface area contributed by atoms with Crippen LogP contribution in [0.25, 0.3) is 0 Å². The highest BCUT2D eigenvalue weighted by Gasteiger charge is 2.26. The fraction of sp³-hybridized carbons (Fsp3) is 0.667. The average Bonchev–Trinajstić information content (AvgIpc) is 2.46. The Hall–Kier alpha value is -0.283. The number of halogens is 1. The molecule has 1 fully saturated rings. The minimum absolute atomic E-state index is 0.344. The first-order valence-corrected chi connectivity index (χ1v) is 12.0. The Morgan fingerprint density at radius 3 is 2.48 bits per heavy atom. The summed E-state index contributed by atoms with van der Waals surface area (Å²) in [6.45, 7) is 10.4. The van der Waals surface area contributed by atoms with Crippen LogP contribution in [0.15, 0.2) is 22.7 Å². The van der Waals surface area contributed by atoms with Crippen molar-refractivity contribution in [1.29, 1.82) is 0 Å². The first kappa shape index (κ1) is 17.1. The van der Waals surface area contributed by atoms with E-state index in [1.807, 2.05) is 0 Å². The number of hydrogen-bond acceptors (Lipinski definition) is 1. The van der Waals surface area contributed by atoms with Crippen molar-refractivity contribution in [1.82, 2.24) is 0 Å². The van der Waals surface area contributed by atoms with Crippen molar-refractivity contribution in [3.63, 3.8) is 0 Å². The van der Waals surface area contributed by atoms with E-state index in [0.717, 1.165) is 12.4 Å². The quantitative estimate of drug-likeness (QED) is 0.566. The molecule has 1 aliphatic carbocycles. The molecule has 0 saturated heterocycles. The highest BCUT2D eigenvalue weighted by atomic mass is 79.9. The fourth-order valence-corrected chi connectivity index (χ4v) is 3.61. The van der Waals surface area contributed by atoms with Gasteiger partial charge < -0.3 is 4.74 Å². The standard InChI is InChI=1S/C18H29BrOSi/c1-18(2,21(3)4)13-20-17-11-10-15(19)12-16(17)14-8-6-5-7-9-14/h10-12,14,21H,5-9,13H2,1-4H3. The van der Waals surface area contributed by atoms with E-state index in [9.17, 15) is 0 Å². The summed E-state index contributed by atoms with van der Waals surface area (Å²) < 4.78 is 7.46. The van der Waals surface area contributed by atoms with E-state index >= 15 is 0 Å². The molecular weight excluding hydrogens is 340 g/mol. The lowest BCUT2D eigenvalue weighted by atomic mass is 9.84. The molecule has 0 atom stereocenters. The van der Waals surface area contributed by atoms with Crippen LogP contribution in [0.5, 0.6) is 5.75 Å². The Morgan fingerprint density at radius 1 is 1.19 bits per heavy atom. The summed E-state index contributed by atoms with van der Waals surface area (Å²) in [5, 5.41) is 0.344. The van der Waals surface area contributed by atoms with Crippen molar-refractivity contribution in [3.8, 4) is 5.75 Å². The van der Waals surface area contributed by atoms with Crippen molar-refractivity contribution in [2.45, 2.75) is 70.0 Å². The van der Waals surface area contributed by atoms with Crippen LogP contribution in [0.2, 0.25) is 18.1 Å². The van der Waals surface area contributed by atoms with Crippen LogP contribution in [0, 0.1) is 0 Å². The van der Waals surface area contributed by atoms with E-state index < -0.39 is 8.80 Å². The van der Waals surface area contributed by atoms with Gasteiger partial charge in [0.25, 0.3) is 0 Å². The van der Waals surface area contributed by atoms with Crippen LogP contribution in [-0.4, -0.2) is 15.4 Å². The van der Waals surface area contributed by atoms with Crippen molar-refractivity contribution in [2.24, 2.45) is 0 Å². The number of rotatable bonds is 5. The normalized spacial score (nSPS) is 17.2. The van der Waals surface area contributed by atoms with Gasteiger partial charge in [-0.2, -0.15) is 0 Å². The molecule has 0 aliphatic heterocycles. The van der Waals surface area contributed by atoms with E-state index in [4.69, 9.17) is 4.74 Å². The molecule has 0 amide bonds. The SMILES string of the molecule is C[SiH](C)C(C)(C)COc1ccc(Br)cc1C1CCCCC1. The molecule has 0 heterocycles. The van der Waals surface area contributed by atoms with Gasteiger partial charge in [-0.15, -0.1) is 0 Å². The molecule has 1 aromatic rings. The van der Waals surface area contributed by atoms with Gasteiger partial charge in [0.15, 0.2) is 0 Å². The summed E-state index contributed by atoms with van der Waals surface area (Å²) in [7, 11) is -0.715. The molecular formula is C18H29BrOSi. The van der Waals surface area contributed by atoms with Gasteiger partial charge in [-0.3, -0.25) is 0 Å². The third-order valence-electron chi connectivity index (χ3n) is 5.18. The molecule has 0 radical (unpaired) electrons. The summed E-state index contributed by atoms with van der Waals surface area (Å²) in [5.74, 6) is 1.80. The number of hydrogen-bond donors (Lipinski definition) is 0. The third-order valence-corrected chi connectivity index (χ3v) is 8.97. The van der Waals surface area contributed by atoms with E-state index in [1.54, 1.807) is 0 Å². The van der Waals surface area contributed by atoms with Crippen LogP contribution in [0.3, 0.4) is 0 Å². The molecule has 0 aromatic heterocycles. The maximum Gasteiger partial charge on any atom is 0.122 e. The zero-order chi connectivity index (χ0) is 15.5. The monoisotopic (exact) mass is 368 g/mol. The molecule has 1 nitrogen and oxygen atoms in total. The lowest BCUT2D eigenvalue weighted by Gasteiger charge is -2.30. The molecule has 21 heavy (non-hydrogen) atoms. The summed E-state index contributed by atoms with van der Waals surface area (Å²) in [4.78, 5) is 0. The molecule has 1 aliphatic rings. The van der Waals surface area contributed by atoms with E-state index in [0.29, 0.717) is 11.0 Å². The Labute approximate surface area is 140 Å². The summed E-state index contributed by atoms with van der Waals surface area (Å²) in [6.07, 6.45) is 6.75. The first-order chi connectivity index (χ1) is 9.90. The Morgan fingerprint density at radius 2 is 1.86 bits per heavy atom. The zero-order valence-corrected chi connectivity index (χ0v) is 16.7. The molecule has 1 saturated carbocycles. The molecule has 3 heteroatoms. The average molecular weight is 369 g/mol. The zero-order valence-electron chi connectivity index (χ0n) is 13.9. The second-order valence-corrected chi connectivity index (χ2v) is 12.2. The lowest BCUT2D eigenvalue weighted by molar-refractivity contribution is 0.270. The highest BCUT2D eigenvalue weighted by molar-refractivity contribution is 9.10. The number of ether oxygens (including phenoxy) is 1. The van der Waals surface area contributed by atoms with Gasteiger partial charge in [-0.25, -0.2) is 0 Å². The second-order valence-electron chi connectivity index (χ2n) is 7.45. The van der Waals surface area contributed by atoms with Gasteiger partial charge in [0, 0.05) is 13.3 Å². The van der Waals surface area contributed by atoms with Gasteiger partial charge in [0.2, 0.25) is 0 Å². The second kappa shape index (κ2) is 7.32. The molecule has 0 spiro atoms. The lowest BCUT2D eigenvalue weighted by Crippen LogP contribution is -2.28. The topological polar surface area (TPSA) is 9.23 Å². The van der Waals surface area contributed by atoms with E-state index in [2.05, 4.69) is 61.1 Å². The largest absolute Gasteiger partial charge is 0.493 e. The van der Waals surface area contributed by atoms with Crippen LogP contribution in [0.1, 0.15) is 57.4 Å². The smallest absolute Gasteiger partial charge is 0.122 e. The molecule has 0 bridgehead atoms. The maximum atomic E-state index is 6.29. The van der Waals surface area contributed by atoms with E-state index in [1.165, 1.54) is 42.1 Å². The minimum atomic E-state index is -0.715. The van der Waals surface area contributed by atoms with Gasteiger partial charge >= 0.3 is 0 Å². The van der Waals surface area contributed by atoms with Crippen LogP contribution >= 0.6 is 15.9 Å². The van der Waals surface area contributed by atoms with Gasteiger partial charge in [0.05, 0.1) is 6.61 Å². The summed E-state index contributed by atoms with van der Waals surface area (Å²) in [5.41, 5.74) is 1.42. The van der Waals surface area contributed by atoms with Crippen LogP contribution in [-0.2, 0) is 0 Å².